The van der Waals surface area contributed by atoms with Crippen molar-refractivity contribution in [3.05, 3.63) is 78.0 Å². The molecule has 7 nitrogen and oxygen atoms in total. The molecule has 2 heterocycles. The van der Waals surface area contributed by atoms with Gasteiger partial charge in [-0.25, -0.2) is 9.78 Å². The van der Waals surface area contributed by atoms with Crippen LogP contribution in [0.15, 0.2) is 76.8 Å². The monoisotopic (exact) mass is 461 g/mol. The molecule has 4 rings (SSSR count). The van der Waals surface area contributed by atoms with Gasteiger partial charge >= 0.3 is 5.97 Å². The lowest BCUT2D eigenvalue weighted by molar-refractivity contribution is -0.116. The molecule has 0 saturated carbocycles. The molecule has 0 atom stereocenters. The van der Waals surface area contributed by atoms with Gasteiger partial charge in [-0.1, -0.05) is 23.9 Å². The molecule has 0 spiro atoms. The fourth-order valence-corrected chi connectivity index (χ4v) is 4.52. The molecule has 0 saturated heterocycles. The zero-order valence-corrected chi connectivity index (χ0v) is 18.9. The van der Waals surface area contributed by atoms with E-state index < -0.39 is 5.97 Å². The maximum absolute atomic E-state index is 13.2. The van der Waals surface area contributed by atoms with Crippen LogP contribution in [0.4, 0.5) is 11.4 Å². The highest BCUT2D eigenvalue weighted by molar-refractivity contribution is 7.99. The van der Waals surface area contributed by atoms with Crippen molar-refractivity contribution in [3.63, 3.8) is 0 Å². The molecule has 2 amide bonds. The second-order valence-corrected chi connectivity index (χ2v) is 8.36. The number of carbonyl (C=O) groups is 3. The zero-order chi connectivity index (χ0) is 23.2. The average Bonchev–Trinajstić information content (AvgIpc) is 2.94. The Morgan fingerprint density at radius 3 is 2.64 bits per heavy atom. The first kappa shape index (κ1) is 22.5. The summed E-state index contributed by atoms with van der Waals surface area (Å²) in [5, 5.41) is 3.51. The summed E-state index contributed by atoms with van der Waals surface area (Å²) in [7, 11) is 0. The molecule has 2 aromatic carbocycles. The van der Waals surface area contributed by atoms with Crippen LogP contribution in [0.25, 0.3) is 0 Å². The van der Waals surface area contributed by atoms with Crippen molar-refractivity contribution < 1.29 is 19.1 Å². The molecule has 0 aliphatic carbocycles. The van der Waals surface area contributed by atoms with Gasteiger partial charge in [-0.2, -0.15) is 0 Å². The van der Waals surface area contributed by atoms with Crippen LogP contribution in [0.1, 0.15) is 40.5 Å². The van der Waals surface area contributed by atoms with Crippen LogP contribution < -0.4 is 10.2 Å². The van der Waals surface area contributed by atoms with E-state index in [2.05, 4.69) is 10.3 Å². The van der Waals surface area contributed by atoms with Gasteiger partial charge in [0, 0.05) is 29.7 Å². The molecule has 0 radical (unpaired) electrons. The molecule has 3 aromatic rings. The summed E-state index contributed by atoms with van der Waals surface area (Å²) in [6.07, 6.45) is 2.42. The van der Waals surface area contributed by atoms with Crippen molar-refractivity contribution in [2.75, 3.05) is 23.4 Å². The van der Waals surface area contributed by atoms with E-state index in [4.69, 9.17) is 4.74 Å². The van der Waals surface area contributed by atoms with Crippen molar-refractivity contribution >= 4 is 40.9 Å². The second-order valence-electron chi connectivity index (χ2n) is 7.33. The van der Waals surface area contributed by atoms with Crippen molar-refractivity contribution in [3.8, 4) is 0 Å². The lowest BCUT2D eigenvalue weighted by Crippen LogP contribution is -2.32. The second kappa shape index (κ2) is 10.3. The maximum atomic E-state index is 13.2. The summed E-state index contributed by atoms with van der Waals surface area (Å²) in [5.41, 5.74) is 2.41. The zero-order valence-electron chi connectivity index (χ0n) is 18.1. The van der Waals surface area contributed by atoms with Gasteiger partial charge in [-0.05, 0) is 61.9 Å². The molecule has 0 bridgehead atoms. The van der Waals surface area contributed by atoms with Gasteiger partial charge < -0.3 is 15.0 Å². The Morgan fingerprint density at radius 1 is 1.06 bits per heavy atom. The van der Waals surface area contributed by atoms with Crippen molar-refractivity contribution in [1.29, 1.82) is 0 Å². The van der Waals surface area contributed by atoms with E-state index in [1.54, 1.807) is 54.4 Å². The van der Waals surface area contributed by atoms with Crippen LogP contribution >= 0.6 is 11.8 Å². The van der Waals surface area contributed by atoms with Crippen LogP contribution in [0.5, 0.6) is 0 Å². The van der Waals surface area contributed by atoms with E-state index in [-0.39, 0.29) is 18.2 Å². The highest BCUT2D eigenvalue weighted by Crippen LogP contribution is 2.40. The number of esters is 1. The normalized spacial score (nSPS) is 12.4. The number of amides is 2. The summed E-state index contributed by atoms with van der Waals surface area (Å²) in [6, 6.07) is 17.8. The number of pyridine rings is 1. The minimum absolute atomic E-state index is 0.120. The number of aromatic nitrogens is 1. The van der Waals surface area contributed by atoms with E-state index >= 15 is 0 Å². The Hall–Kier alpha value is -3.65. The molecular formula is C25H23N3O4S. The molecule has 1 N–H and O–H groups in total. The topological polar surface area (TPSA) is 88.6 Å². The van der Waals surface area contributed by atoms with E-state index in [0.717, 1.165) is 10.6 Å². The number of hydrogen-bond donors (Lipinski definition) is 1. The Morgan fingerprint density at radius 2 is 1.85 bits per heavy atom. The Kier molecular flexibility index (Phi) is 7.04. The van der Waals surface area contributed by atoms with Crippen LogP contribution in [0.2, 0.25) is 0 Å². The summed E-state index contributed by atoms with van der Waals surface area (Å²) in [6.45, 7) is 2.46. The number of hydrogen-bond acceptors (Lipinski definition) is 6. The molecule has 8 heteroatoms. The Bertz CT molecular complexity index is 1180. The van der Waals surface area contributed by atoms with E-state index in [1.807, 2.05) is 24.3 Å². The first-order valence-electron chi connectivity index (χ1n) is 10.7. The van der Waals surface area contributed by atoms with Crippen molar-refractivity contribution in [2.24, 2.45) is 0 Å². The average molecular weight is 462 g/mol. The minimum atomic E-state index is -0.396. The van der Waals surface area contributed by atoms with Gasteiger partial charge in [0.1, 0.15) is 5.03 Å². The van der Waals surface area contributed by atoms with Crippen LogP contribution in [-0.2, 0) is 9.53 Å². The number of ether oxygens (including phenoxy) is 1. The number of nitrogens with one attached hydrogen (secondary N) is 1. The SMILES string of the molecule is CCOC(=O)c1ccc(NC(=O)CCCN2C(=O)c3cccnc3Sc3ccccc32)cc1. The van der Waals surface area contributed by atoms with Gasteiger partial charge in [-0.15, -0.1) is 0 Å². The Labute approximate surface area is 196 Å². The standard InChI is InChI=1S/C25H23N3O4S/c1-2-32-25(31)17-11-13-18(14-12-17)27-22(29)10-6-16-28-20-8-3-4-9-21(20)33-23-19(24(28)30)7-5-15-26-23/h3-5,7-9,11-15H,2,6,10,16H2,1H3,(H,27,29). The number of nitrogens with zero attached hydrogens (tertiary/aromatic N) is 2. The predicted molar refractivity (Wildman–Crippen MR) is 127 cm³/mol. The van der Waals surface area contributed by atoms with Crippen molar-refractivity contribution in [2.45, 2.75) is 29.7 Å². The summed E-state index contributed by atoms with van der Waals surface area (Å²) in [4.78, 5) is 44.5. The molecule has 0 unspecified atom stereocenters. The number of rotatable bonds is 7. The molecule has 33 heavy (non-hydrogen) atoms. The summed E-state index contributed by atoms with van der Waals surface area (Å²) < 4.78 is 4.96. The van der Waals surface area contributed by atoms with Crippen molar-refractivity contribution in [1.82, 2.24) is 4.98 Å². The minimum Gasteiger partial charge on any atom is -0.462 e. The Balaban J connectivity index is 1.39. The number of anilines is 2. The largest absolute Gasteiger partial charge is 0.462 e. The number of fused-ring (bicyclic) bond motifs is 2. The van der Waals surface area contributed by atoms with Crippen LogP contribution in [0.3, 0.4) is 0 Å². The van der Waals surface area contributed by atoms with Gasteiger partial charge in [0.2, 0.25) is 5.91 Å². The molecular weight excluding hydrogens is 438 g/mol. The molecule has 168 valence electrons. The first-order chi connectivity index (χ1) is 16.1. The smallest absolute Gasteiger partial charge is 0.338 e. The predicted octanol–water partition coefficient (Wildman–Crippen LogP) is 4.79. The number of benzene rings is 2. The van der Waals surface area contributed by atoms with Crippen LogP contribution in [0, 0.1) is 0 Å². The van der Waals surface area contributed by atoms with E-state index in [0.29, 0.717) is 41.4 Å². The summed E-state index contributed by atoms with van der Waals surface area (Å²) in [5.74, 6) is -0.677. The number of carbonyl (C=O) groups excluding carboxylic acids is 3. The van der Waals surface area contributed by atoms with Gasteiger partial charge in [0.05, 0.1) is 23.4 Å². The summed E-state index contributed by atoms with van der Waals surface area (Å²) >= 11 is 1.47. The third kappa shape index (κ3) is 5.23. The quantitative estimate of drug-likeness (QED) is 0.509. The maximum Gasteiger partial charge on any atom is 0.338 e. The highest BCUT2D eigenvalue weighted by Gasteiger charge is 2.27. The fraction of sp³-hybridized carbons (Fsp3) is 0.200. The van der Waals surface area contributed by atoms with Gasteiger partial charge in [0.25, 0.3) is 5.91 Å². The van der Waals surface area contributed by atoms with Gasteiger partial charge in [0.15, 0.2) is 0 Å². The highest BCUT2D eigenvalue weighted by atomic mass is 32.2. The van der Waals surface area contributed by atoms with E-state index in [1.165, 1.54) is 11.8 Å². The first-order valence-corrected chi connectivity index (χ1v) is 11.5. The molecule has 1 aromatic heterocycles. The third-order valence-electron chi connectivity index (χ3n) is 5.07. The number of para-hydroxylation sites is 1. The van der Waals surface area contributed by atoms with Gasteiger partial charge in [-0.3, -0.25) is 9.59 Å². The van der Waals surface area contributed by atoms with E-state index in [9.17, 15) is 14.4 Å². The lowest BCUT2D eigenvalue weighted by atomic mass is 10.2. The lowest BCUT2D eigenvalue weighted by Gasteiger charge is -2.22. The molecule has 1 aliphatic heterocycles. The van der Waals surface area contributed by atoms with Crippen LogP contribution in [-0.4, -0.2) is 35.9 Å². The molecule has 0 fully saturated rings. The third-order valence-corrected chi connectivity index (χ3v) is 6.16. The fourth-order valence-electron chi connectivity index (χ4n) is 3.51. The molecule has 1 aliphatic rings.